The predicted molar refractivity (Wildman–Crippen MR) is 225 cm³/mol. The number of nitrogens with one attached hydrogen (secondary N) is 1. The van der Waals surface area contributed by atoms with Gasteiger partial charge in [-0.1, -0.05) is 103 Å². The number of hydrogen-bond acceptors (Lipinski definition) is 9. The van der Waals surface area contributed by atoms with Gasteiger partial charge in [-0.25, -0.2) is 4.79 Å². The molecule has 12 nitrogen and oxygen atoms in total. The number of carbonyl (C=O) groups is 2. The molecule has 2 aliphatic heterocycles. The molecule has 0 radical (unpaired) electrons. The molecule has 3 heterocycles. The first-order chi connectivity index (χ1) is 30.4. The van der Waals surface area contributed by atoms with Crippen LogP contribution in [0.3, 0.4) is 0 Å². The number of fused-ring (bicyclic) bond motifs is 2. The molecule has 5 aromatic carbocycles. The second kappa shape index (κ2) is 17.5. The Morgan fingerprint density at radius 3 is 1.89 bits per heavy atom. The van der Waals surface area contributed by atoms with Gasteiger partial charge < -0.3 is 33.9 Å². The summed E-state index contributed by atoms with van der Waals surface area (Å²) in [4.78, 5) is 45.4. The molecule has 1 aromatic heterocycles. The molecule has 0 aliphatic carbocycles. The quantitative estimate of drug-likeness (QED) is 0.111. The molecule has 0 unspecified atom stereocenters. The molecule has 0 spiro atoms. The van der Waals surface area contributed by atoms with E-state index in [2.05, 4.69) is 10.3 Å². The summed E-state index contributed by atoms with van der Waals surface area (Å²) in [7, 11) is 3.09. The maximum absolute atomic E-state index is 14.6. The van der Waals surface area contributed by atoms with Crippen LogP contribution in [0.15, 0.2) is 151 Å². The van der Waals surface area contributed by atoms with E-state index in [0.717, 1.165) is 4.57 Å². The highest BCUT2D eigenvalue weighted by Gasteiger charge is 2.69. The Hall–Kier alpha value is -6.81. The third-order valence-electron chi connectivity index (χ3n) is 11.4. The summed E-state index contributed by atoms with van der Waals surface area (Å²) in [6.45, 7) is 0.454. The number of amides is 2. The van der Waals surface area contributed by atoms with Gasteiger partial charge in [-0.2, -0.15) is 18.2 Å². The molecule has 63 heavy (non-hydrogen) atoms. The predicted octanol–water partition coefficient (Wildman–Crippen LogP) is 7.46. The first-order valence-corrected chi connectivity index (χ1v) is 20.0. The van der Waals surface area contributed by atoms with Crippen molar-refractivity contribution in [1.82, 2.24) is 14.5 Å². The Morgan fingerprint density at radius 2 is 1.33 bits per heavy atom. The van der Waals surface area contributed by atoms with Crippen molar-refractivity contribution < 1.29 is 46.4 Å². The number of ether oxygens (including phenoxy) is 5. The van der Waals surface area contributed by atoms with Crippen LogP contribution in [0, 0.1) is 6.92 Å². The molecule has 8 rings (SSSR count). The number of anilines is 1. The second-order valence-corrected chi connectivity index (χ2v) is 15.3. The van der Waals surface area contributed by atoms with Crippen molar-refractivity contribution in [1.29, 1.82) is 0 Å². The van der Waals surface area contributed by atoms with Crippen molar-refractivity contribution in [2.45, 2.75) is 49.3 Å². The van der Waals surface area contributed by atoms with Gasteiger partial charge in [-0.3, -0.25) is 14.2 Å². The minimum Gasteiger partial charge on any atom is -0.497 e. The number of morpholine rings is 1. The Kier molecular flexibility index (Phi) is 11.9. The number of aryl methyl sites for hydroxylation is 1. The van der Waals surface area contributed by atoms with Crippen LogP contribution in [-0.2, 0) is 31.2 Å². The van der Waals surface area contributed by atoms with Crippen molar-refractivity contribution in [3.8, 4) is 11.5 Å². The largest absolute Gasteiger partial charge is 0.497 e. The van der Waals surface area contributed by atoms with Gasteiger partial charge in [0.05, 0.1) is 34.0 Å². The highest BCUT2D eigenvalue weighted by molar-refractivity contribution is 6.04. The fourth-order valence-electron chi connectivity index (χ4n) is 8.39. The molecule has 1 N–H and O–H groups in total. The van der Waals surface area contributed by atoms with E-state index in [1.165, 1.54) is 6.20 Å². The molecule has 2 saturated heterocycles. The summed E-state index contributed by atoms with van der Waals surface area (Å²) in [5.74, 6) is -1.57. The third-order valence-corrected chi connectivity index (χ3v) is 11.4. The Morgan fingerprint density at radius 1 is 0.794 bits per heavy atom. The van der Waals surface area contributed by atoms with Crippen LogP contribution in [-0.4, -0.2) is 77.6 Å². The van der Waals surface area contributed by atoms with Crippen LogP contribution >= 0.6 is 0 Å². The zero-order valence-electron chi connectivity index (χ0n) is 34.5. The van der Waals surface area contributed by atoms with Gasteiger partial charge in [0.15, 0.2) is 6.23 Å². The topological polar surface area (TPSA) is 130 Å². The average Bonchev–Trinajstić information content (AvgIpc) is 3.79. The zero-order chi connectivity index (χ0) is 44.4. The van der Waals surface area contributed by atoms with Crippen LogP contribution in [0.4, 0.5) is 19.0 Å². The second-order valence-electron chi connectivity index (χ2n) is 15.3. The fraction of sp³-hybridized carbons (Fsp3) is 0.250. The highest BCUT2D eigenvalue weighted by atomic mass is 19.4. The lowest BCUT2D eigenvalue weighted by Crippen LogP contribution is -2.55. The number of methoxy groups -OCH3 is 2. The van der Waals surface area contributed by atoms with Gasteiger partial charge in [-0.15, -0.1) is 0 Å². The smallest absolute Gasteiger partial charge is 0.471 e. The minimum absolute atomic E-state index is 0.0574. The zero-order valence-corrected chi connectivity index (χ0v) is 34.5. The summed E-state index contributed by atoms with van der Waals surface area (Å²) in [6.07, 6.45) is -6.78. The highest BCUT2D eigenvalue weighted by Crippen LogP contribution is 2.51. The minimum atomic E-state index is -5.30. The molecular formula is C48H43F3N4O8. The van der Waals surface area contributed by atoms with E-state index in [0.29, 0.717) is 49.8 Å². The van der Waals surface area contributed by atoms with E-state index >= 15 is 0 Å². The molecule has 2 bridgehead atoms. The van der Waals surface area contributed by atoms with Crippen molar-refractivity contribution >= 4 is 17.6 Å². The first kappa shape index (κ1) is 42.9. The number of alkyl halides is 3. The maximum atomic E-state index is 14.6. The number of halogens is 3. The van der Waals surface area contributed by atoms with Crippen LogP contribution in [0.2, 0.25) is 0 Å². The number of aromatic nitrogens is 2. The number of carbonyl (C=O) groups excluding carboxylic acids is 2. The lowest BCUT2D eigenvalue weighted by molar-refractivity contribution is -0.208. The van der Waals surface area contributed by atoms with E-state index in [-0.39, 0.29) is 12.4 Å². The van der Waals surface area contributed by atoms with E-state index in [4.69, 9.17) is 23.7 Å². The van der Waals surface area contributed by atoms with E-state index in [9.17, 15) is 27.6 Å². The van der Waals surface area contributed by atoms with E-state index in [1.807, 2.05) is 60.7 Å². The number of rotatable bonds is 14. The lowest BCUT2D eigenvalue weighted by Gasteiger charge is -2.41. The summed E-state index contributed by atoms with van der Waals surface area (Å²) in [5.41, 5.74) is -0.965. The maximum Gasteiger partial charge on any atom is 0.471 e. The third kappa shape index (κ3) is 8.30. The lowest BCUT2D eigenvalue weighted by atomic mass is 9.79. The van der Waals surface area contributed by atoms with Crippen LogP contribution < -0.4 is 20.5 Å². The van der Waals surface area contributed by atoms with Crippen molar-refractivity contribution in [3.05, 3.63) is 190 Å². The van der Waals surface area contributed by atoms with Crippen LogP contribution in [0.25, 0.3) is 0 Å². The van der Waals surface area contributed by atoms with E-state index < -0.39 is 66.4 Å². The summed E-state index contributed by atoms with van der Waals surface area (Å²) < 4.78 is 76.5. The summed E-state index contributed by atoms with van der Waals surface area (Å²) in [6, 6.07) is 39.5. The summed E-state index contributed by atoms with van der Waals surface area (Å²) in [5, 5.41) is 2.64. The number of benzene rings is 5. The van der Waals surface area contributed by atoms with Crippen LogP contribution in [0.1, 0.15) is 44.4 Å². The molecule has 2 amide bonds. The van der Waals surface area contributed by atoms with Crippen LogP contribution in [0.5, 0.6) is 11.5 Å². The Labute approximate surface area is 360 Å². The molecule has 0 saturated carbocycles. The van der Waals surface area contributed by atoms with Gasteiger partial charge >= 0.3 is 17.8 Å². The Balaban J connectivity index is 1.26. The normalized spacial score (nSPS) is 19.5. The monoisotopic (exact) mass is 860 g/mol. The molecular weight excluding hydrogens is 818 g/mol. The summed E-state index contributed by atoms with van der Waals surface area (Å²) >= 11 is 0. The van der Waals surface area contributed by atoms with Gasteiger partial charge in [-0.05, 0) is 65.6 Å². The van der Waals surface area contributed by atoms with Gasteiger partial charge in [0.25, 0.3) is 5.91 Å². The molecule has 324 valence electrons. The molecule has 2 aliphatic rings. The van der Waals surface area contributed by atoms with E-state index in [1.54, 1.807) is 100 Å². The first-order valence-electron chi connectivity index (χ1n) is 20.0. The van der Waals surface area contributed by atoms with Gasteiger partial charge in [0.2, 0.25) is 0 Å². The fourth-order valence-corrected chi connectivity index (χ4v) is 8.39. The number of hydrogen-bond donors (Lipinski definition) is 1. The van der Waals surface area contributed by atoms with Gasteiger partial charge in [0.1, 0.15) is 40.7 Å². The van der Waals surface area contributed by atoms with Gasteiger partial charge in [0, 0.05) is 17.3 Å². The van der Waals surface area contributed by atoms with Crippen molar-refractivity contribution in [2.24, 2.45) is 0 Å². The SMILES string of the molecule is COc1ccc(C(OC[C@@]23CN(C(=O)C(F)(F)F)[C@@H]([C@H](n4cc(C)c(NC(=O)c5ccccc5)nc4=O)O2)[C@@H]3OCc2ccccc2)(c2ccccc2)c2ccc(OC)cc2)cc1. The van der Waals surface area contributed by atoms with Crippen molar-refractivity contribution in [2.75, 3.05) is 32.7 Å². The number of likely N-dealkylation sites (tertiary alicyclic amines) is 1. The Bertz CT molecular complexity index is 2570. The average molecular weight is 861 g/mol. The number of nitrogens with zero attached hydrogens (tertiary/aromatic N) is 3. The molecule has 15 heteroatoms. The molecule has 4 atom stereocenters. The van der Waals surface area contributed by atoms with Crippen molar-refractivity contribution in [3.63, 3.8) is 0 Å². The molecule has 6 aromatic rings. The molecule has 2 fully saturated rings. The standard InChI is InChI=1S/C48H43F3N4O8/c1-31-27-54(45(58)53-41(31)52-42(56)33-15-9-5-10-16-33)43-39-40(61-28-32-13-7-4-8-14-32)46(63-43,29-55(39)44(57)48(49,50)51)30-62-47(34-17-11-6-12-18-34,35-19-23-37(59-2)24-20-35)36-21-25-38(60-3)26-22-36/h4-27,39-40,43H,28-30H2,1-3H3,(H,52,53,56,58)/t39-,40+,43-,46-/m1/s1.